The van der Waals surface area contributed by atoms with Gasteiger partial charge in [-0.15, -0.1) is 0 Å². The maximum atomic E-state index is 5.51. The lowest BCUT2D eigenvalue weighted by Crippen LogP contribution is -2.15. The zero-order chi connectivity index (χ0) is 11.7. The highest BCUT2D eigenvalue weighted by Gasteiger charge is 2.26. The van der Waals surface area contributed by atoms with Gasteiger partial charge in [0.1, 0.15) is 5.75 Å². The summed E-state index contributed by atoms with van der Waals surface area (Å²) >= 11 is 0. The molecule has 0 unspecified atom stereocenters. The summed E-state index contributed by atoms with van der Waals surface area (Å²) in [6, 6.07) is 4.83. The predicted molar refractivity (Wildman–Crippen MR) is 67.0 cm³/mol. The van der Waals surface area contributed by atoms with Crippen LogP contribution < -0.4 is 10.1 Å². The van der Waals surface area contributed by atoms with Crippen LogP contribution in [0.3, 0.4) is 0 Å². The number of ether oxygens (including phenoxy) is 1. The van der Waals surface area contributed by atoms with Crippen LogP contribution in [-0.4, -0.2) is 13.7 Å². The van der Waals surface area contributed by atoms with Crippen LogP contribution in [0.15, 0.2) is 12.1 Å². The maximum absolute atomic E-state index is 5.51. The lowest BCUT2D eigenvalue weighted by Gasteiger charge is -2.18. The van der Waals surface area contributed by atoms with Gasteiger partial charge < -0.3 is 10.1 Å². The summed E-state index contributed by atoms with van der Waals surface area (Å²) in [6.07, 6.45) is 1.21. The van der Waals surface area contributed by atoms with Gasteiger partial charge >= 0.3 is 0 Å². The largest absolute Gasteiger partial charge is 0.496 e. The summed E-state index contributed by atoms with van der Waals surface area (Å²) in [7, 11) is 1.76. The van der Waals surface area contributed by atoms with Crippen LogP contribution in [0.25, 0.3) is 0 Å². The lowest BCUT2D eigenvalue weighted by atomic mass is 9.95. The monoisotopic (exact) mass is 219 g/mol. The lowest BCUT2D eigenvalue weighted by molar-refractivity contribution is 0.401. The van der Waals surface area contributed by atoms with Crippen molar-refractivity contribution in [1.82, 2.24) is 5.32 Å². The Labute approximate surface area is 98.0 Å². The Bertz CT molecular complexity index is 387. The molecule has 2 rings (SSSR count). The number of hydrogen-bond donors (Lipinski definition) is 1. The Hall–Kier alpha value is -1.02. The predicted octanol–water partition coefficient (Wildman–Crippen LogP) is 2.98. The number of methoxy groups -OCH3 is 1. The first-order chi connectivity index (χ1) is 7.61. The van der Waals surface area contributed by atoms with E-state index in [1.54, 1.807) is 7.11 Å². The van der Waals surface area contributed by atoms with Crippen molar-refractivity contribution in [3.8, 4) is 5.75 Å². The molecule has 1 aromatic rings. The Kier molecular flexibility index (Phi) is 3.20. The molecule has 0 saturated carbocycles. The molecule has 0 bridgehead atoms. The number of aryl methyl sites for hydroxylation is 2. The molecule has 0 aromatic heterocycles. The number of hydrogen-bond acceptors (Lipinski definition) is 2. The van der Waals surface area contributed by atoms with E-state index in [0.717, 1.165) is 18.2 Å². The van der Waals surface area contributed by atoms with Crippen molar-refractivity contribution in [3.63, 3.8) is 0 Å². The van der Waals surface area contributed by atoms with E-state index in [0.29, 0.717) is 6.04 Å². The molecule has 1 fully saturated rings. The minimum Gasteiger partial charge on any atom is -0.496 e. The third kappa shape index (κ3) is 2.07. The van der Waals surface area contributed by atoms with Crippen molar-refractivity contribution in [2.24, 2.45) is 5.92 Å². The molecule has 2 heteroatoms. The first-order valence-corrected chi connectivity index (χ1v) is 6.00. The molecule has 88 valence electrons. The van der Waals surface area contributed by atoms with Gasteiger partial charge in [-0.2, -0.15) is 0 Å². The Morgan fingerprint density at radius 3 is 2.62 bits per heavy atom. The van der Waals surface area contributed by atoms with E-state index >= 15 is 0 Å². The molecule has 0 amide bonds. The molecule has 1 aliphatic rings. The van der Waals surface area contributed by atoms with Gasteiger partial charge in [0.05, 0.1) is 7.11 Å². The van der Waals surface area contributed by atoms with Crippen LogP contribution in [0, 0.1) is 19.8 Å². The summed E-state index contributed by atoms with van der Waals surface area (Å²) in [6.45, 7) is 7.70. The fraction of sp³-hybridized carbons (Fsp3) is 0.571. The molecule has 2 atom stereocenters. The molecule has 2 nitrogen and oxygen atoms in total. The van der Waals surface area contributed by atoms with E-state index in [-0.39, 0.29) is 0 Å². The minimum absolute atomic E-state index is 0.463. The van der Waals surface area contributed by atoms with Crippen LogP contribution in [0.5, 0.6) is 5.75 Å². The Morgan fingerprint density at radius 1 is 1.31 bits per heavy atom. The average molecular weight is 219 g/mol. The van der Waals surface area contributed by atoms with E-state index in [1.807, 2.05) is 0 Å². The smallest absolute Gasteiger partial charge is 0.124 e. The third-order valence-electron chi connectivity index (χ3n) is 3.41. The van der Waals surface area contributed by atoms with Crippen LogP contribution >= 0.6 is 0 Å². The van der Waals surface area contributed by atoms with E-state index < -0.39 is 0 Å². The molecule has 16 heavy (non-hydrogen) atoms. The topological polar surface area (TPSA) is 21.3 Å². The van der Waals surface area contributed by atoms with E-state index in [9.17, 15) is 0 Å². The summed E-state index contributed by atoms with van der Waals surface area (Å²) in [4.78, 5) is 0. The van der Waals surface area contributed by atoms with E-state index in [2.05, 4.69) is 38.2 Å². The van der Waals surface area contributed by atoms with Crippen molar-refractivity contribution in [2.75, 3.05) is 13.7 Å². The van der Waals surface area contributed by atoms with Gasteiger partial charge in [-0.05, 0) is 49.9 Å². The molecule has 0 aliphatic carbocycles. The number of benzene rings is 1. The Balaban J connectivity index is 2.39. The standard InChI is InChI=1S/C14H21NO/c1-9-5-11(3)14(13(7-9)16-4)12-6-10(2)8-15-12/h5,7,10,12,15H,6,8H2,1-4H3/t10-,12+/m1/s1. The first kappa shape index (κ1) is 11.5. The molecule has 1 saturated heterocycles. The van der Waals surface area contributed by atoms with E-state index in [1.165, 1.54) is 23.1 Å². The van der Waals surface area contributed by atoms with Crippen LogP contribution in [0.2, 0.25) is 0 Å². The summed E-state index contributed by atoms with van der Waals surface area (Å²) in [5.41, 5.74) is 3.95. The van der Waals surface area contributed by atoms with Crippen molar-refractivity contribution in [2.45, 2.75) is 33.2 Å². The molecular formula is C14H21NO. The molecule has 1 aromatic carbocycles. The van der Waals surface area contributed by atoms with Crippen LogP contribution in [0.1, 0.15) is 36.1 Å². The van der Waals surface area contributed by atoms with Gasteiger partial charge in [-0.1, -0.05) is 13.0 Å². The SMILES string of the molecule is COc1cc(C)cc(C)c1[C@@H]1C[C@@H](C)CN1. The van der Waals surface area contributed by atoms with Crippen molar-refractivity contribution in [1.29, 1.82) is 0 Å². The first-order valence-electron chi connectivity index (χ1n) is 6.00. The van der Waals surface area contributed by atoms with Crippen LogP contribution in [-0.2, 0) is 0 Å². The summed E-state index contributed by atoms with van der Waals surface area (Å²) in [5, 5.41) is 3.58. The number of nitrogens with one attached hydrogen (secondary N) is 1. The fourth-order valence-corrected chi connectivity index (χ4v) is 2.69. The average Bonchev–Trinajstić information content (AvgIpc) is 2.63. The van der Waals surface area contributed by atoms with Gasteiger partial charge in [-0.3, -0.25) is 0 Å². The fourth-order valence-electron chi connectivity index (χ4n) is 2.69. The molecule has 1 aliphatic heterocycles. The number of rotatable bonds is 2. The zero-order valence-corrected chi connectivity index (χ0v) is 10.6. The van der Waals surface area contributed by atoms with Gasteiger partial charge in [-0.25, -0.2) is 0 Å². The molecule has 0 radical (unpaired) electrons. The van der Waals surface area contributed by atoms with Crippen molar-refractivity contribution >= 4 is 0 Å². The second-order valence-electron chi connectivity index (χ2n) is 5.00. The van der Waals surface area contributed by atoms with Crippen molar-refractivity contribution < 1.29 is 4.74 Å². The quantitative estimate of drug-likeness (QED) is 0.825. The second kappa shape index (κ2) is 4.46. The molecule has 1 heterocycles. The normalized spacial score (nSPS) is 24.8. The molecular weight excluding hydrogens is 198 g/mol. The van der Waals surface area contributed by atoms with Crippen molar-refractivity contribution in [3.05, 3.63) is 28.8 Å². The van der Waals surface area contributed by atoms with Gasteiger partial charge in [0.25, 0.3) is 0 Å². The Morgan fingerprint density at radius 2 is 2.06 bits per heavy atom. The highest BCUT2D eigenvalue weighted by Crippen LogP contribution is 2.35. The zero-order valence-electron chi connectivity index (χ0n) is 10.6. The highest BCUT2D eigenvalue weighted by atomic mass is 16.5. The van der Waals surface area contributed by atoms with E-state index in [4.69, 9.17) is 4.74 Å². The third-order valence-corrected chi connectivity index (χ3v) is 3.41. The van der Waals surface area contributed by atoms with Gasteiger partial charge in [0.2, 0.25) is 0 Å². The van der Waals surface area contributed by atoms with Gasteiger partial charge in [0.15, 0.2) is 0 Å². The molecule has 1 N–H and O–H groups in total. The highest BCUT2D eigenvalue weighted by molar-refractivity contribution is 5.45. The minimum atomic E-state index is 0.463. The van der Waals surface area contributed by atoms with Crippen LogP contribution in [0.4, 0.5) is 0 Å². The summed E-state index contributed by atoms with van der Waals surface area (Å²) < 4.78 is 5.51. The molecule has 0 spiro atoms. The van der Waals surface area contributed by atoms with Gasteiger partial charge in [0, 0.05) is 11.6 Å². The second-order valence-corrected chi connectivity index (χ2v) is 5.00. The summed E-state index contributed by atoms with van der Waals surface area (Å²) in [5.74, 6) is 1.79. The maximum Gasteiger partial charge on any atom is 0.124 e.